The number of carbonyl (C=O) groups excluding carboxylic acids is 2. The molecule has 1 saturated heterocycles. The number of amides is 2. The fourth-order valence-corrected chi connectivity index (χ4v) is 4.60. The summed E-state index contributed by atoms with van der Waals surface area (Å²) in [5, 5.41) is 13.1. The Kier molecular flexibility index (Phi) is 5.77. The number of halogens is 1. The van der Waals surface area contributed by atoms with Crippen LogP contribution in [-0.2, 0) is 13.1 Å². The van der Waals surface area contributed by atoms with Crippen LogP contribution in [0.5, 0.6) is 5.75 Å². The summed E-state index contributed by atoms with van der Waals surface area (Å²) in [4.78, 5) is 42.6. The normalized spacial score (nSPS) is 20.8. The number of fused-ring (bicyclic) bond motifs is 2. The lowest BCUT2D eigenvalue weighted by atomic mass is 10.0. The number of pyridine rings is 1. The van der Waals surface area contributed by atoms with Crippen molar-refractivity contribution in [1.29, 1.82) is 0 Å². The molecule has 2 atom stereocenters. The molecule has 32 heavy (non-hydrogen) atoms. The number of benzene rings is 1. The number of rotatable bonds is 4. The van der Waals surface area contributed by atoms with Gasteiger partial charge in [-0.05, 0) is 33.3 Å². The molecule has 2 amide bonds. The topological polar surface area (TPSA) is 94.9 Å². The highest BCUT2D eigenvalue weighted by Crippen LogP contribution is 2.31. The molecule has 0 radical (unpaired) electrons. The maximum absolute atomic E-state index is 13.8. The zero-order valence-electron chi connectivity index (χ0n) is 18.3. The van der Waals surface area contributed by atoms with Gasteiger partial charge in [-0.25, -0.2) is 4.39 Å². The third kappa shape index (κ3) is 3.66. The van der Waals surface area contributed by atoms with Crippen molar-refractivity contribution in [3.05, 3.63) is 63.3 Å². The Balaban J connectivity index is 1.68. The molecule has 3 heterocycles. The van der Waals surface area contributed by atoms with Gasteiger partial charge in [0.05, 0.1) is 6.54 Å². The Morgan fingerprint density at radius 3 is 2.69 bits per heavy atom. The molecule has 170 valence electrons. The molecule has 8 nitrogen and oxygen atoms in total. The van der Waals surface area contributed by atoms with E-state index in [0.29, 0.717) is 6.54 Å². The second-order valence-electron chi connectivity index (χ2n) is 8.66. The summed E-state index contributed by atoms with van der Waals surface area (Å²) in [7, 11) is 0. The van der Waals surface area contributed by atoms with Crippen molar-refractivity contribution in [2.24, 2.45) is 0 Å². The van der Waals surface area contributed by atoms with Crippen LogP contribution in [0.15, 0.2) is 35.3 Å². The molecule has 0 saturated carbocycles. The van der Waals surface area contributed by atoms with E-state index in [9.17, 15) is 23.9 Å². The molecule has 0 spiro atoms. The summed E-state index contributed by atoms with van der Waals surface area (Å²) in [5.41, 5.74) is -1.03. The highest BCUT2D eigenvalue weighted by Gasteiger charge is 2.44. The van der Waals surface area contributed by atoms with Gasteiger partial charge in [0, 0.05) is 36.9 Å². The molecule has 2 aliphatic heterocycles. The van der Waals surface area contributed by atoms with Gasteiger partial charge in [0.25, 0.3) is 11.8 Å². The third-order valence-electron chi connectivity index (χ3n) is 6.34. The average Bonchev–Trinajstić information content (AvgIpc) is 2.75. The monoisotopic (exact) mass is 442 g/mol. The average molecular weight is 442 g/mol. The molecular formula is C23H27FN4O4. The summed E-state index contributed by atoms with van der Waals surface area (Å²) in [5.74, 6) is -2.37. The van der Waals surface area contributed by atoms with Gasteiger partial charge in [-0.1, -0.05) is 18.2 Å². The first kappa shape index (κ1) is 22.0. The Bertz CT molecular complexity index is 1130. The SMILES string of the molecule is CC(C)N1CCC(C)N2C(=O)c3c(O)c(=O)c(C(=O)NCc4ccccc4F)cn3CC12. The van der Waals surface area contributed by atoms with Crippen LogP contribution in [-0.4, -0.2) is 56.1 Å². The Labute approximate surface area is 185 Å². The third-order valence-corrected chi connectivity index (χ3v) is 6.34. The smallest absolute Gasteiger partial charge is 0.276 e. The van der Waals surface area contributed by atoms with Crippen molar-refractivity contribution in [3.63, 3.8) is 0 Å². The van der Waals surface area contributed by atoms with E-state index < -0.39 is 28.8 Å². The summed E-state index contributed by atoms with van der Waals surface area (Å²) >= 11 is 0. The minimum Gasteiger partial charge on any atom is -0.503 e. The fourth-order valence-electron chi connectivity index (χ4n) is 4.60. The van der Waals surface area contributed by atoms with Gasteiger partial charge >= 0.3 is 0 Å². The molecule has 1 aromatic heterocycles. The van der Waals surface area contributed by atoms with Gasteiger partial charge in [-0.15, -0.1) is 0 Å². The van der Waals surface area contributed by atoms with Crippen molar-refractivity contribution in [2.45, 2.75) is 58.5 Å². The zero-order valence-corrected chi connectivity index (χ0v) is 18.3. The van der Waals surface area contributed by atoms with Crippen LogP contribution in [0.2, 0.25) is 0 Å². The molecule has 4 rings (SSSR count). The minimum absolute atomic E-state index is 0.0329. The zero-order chi connectivity index (χ0) is 23.2. The molecule has 2 N–H and O–H groups in total. The molecule has 0 aliphatic carbocycles. The lowest BCUT2D eigenvalue weighted by Gasteiger charge is -2.51. The highest BCUT2D eigenvalue weighted by atomic mass is 19.1. The van der Waals surface area contributed by atoms with Crippen LogP contribution in [0.25, 0.3) is 0 Å². The van der Waals surface area contributed by atoms with Gasteiger partial charge in [0.15, 0.2) is 11.4 Å². The van der Waals surface area contributed by atoms with Gasteiger partial charge in [0.2, 0.25) is 5.43 Å². The minimum atomic E-state index is -0.917. The van der Waals surface area contributed by atoms with Gasteiger partial charge < -0.3 is 19.9 Å². The number of aromatic nitrogens is 1. The van der Waals surface area contributed by atoms with E-state index in [2.05, 4.69) is 24.1 Å². The summed E-state index contributed by atoms with van der Waals surface area (Å²) in [6, 6.07) is 6.17. The first-order chi connectivity index (χ1) is 15.2. The summed E-state index contributed by atoms with van der Waals surface area (Å²) in [6.07, 6.45) is 1.87. The predicted molar refractivity (Wildman–Crippen MR) is 116 cm³/mol. The maximum Gasteiger partial charge on any atom is 0.276 e. The predicted octanol–water partition coefficient (Wildman–Crippen LogP) is 1.91. The fraction of sp³-hybridized carbons (Fsp3) is 0.435. The lowest BCUT2D eigenvalue weighted by Crippen LogP contribution is -2.65. The lowest BCUT2D eigenvalue weighted by molar-refractivity contribution is -0.0454. The molecule has 1 aromatic carbocycles. The first-order valence-corrected chi connectivity index (χ1v) is 10.8. The number of nitrogens with zero attached hydrogens (tertiary/aromatic N) is 3. The van der Waals surface area contributed by atoms with Crippen LogP contribution in [0, 0.1) is 5.82 Å². The molecule has 9 heteroatoms. The van der Waals surface area contributed by atoms with E-state index in [4.69, 9.17) is 0 Å². The van der Waals surface area contributed by atoms with Crippen LogP contribution >= 0.6 is 0 Å². The standard InChI is InChI=1S/C23H27FN4O4/c1-13(2)27-9-8-14(3)28-18(27)12-26-11-16(20(29)21(30)19(26)23(28)32)22(31)25-10-15-6-4-5-7-17(15)24/h4-7,11,13-14,18,30H,8-10,12H2,1-3H3,(H,25,31). The molecule has 0 bridgehead atoms. The number of nitrogens with one attached hydrogen (secondary N) is 1. The van der Waals surface area contributed by atoms with Crippen molar-refractivity contribution in [2.75, 3.05) is 6.54 Å². The van der Waals surface area contributed by atoms with E-state index in [1.807, 2.05) is 6.92 Å². The maximum atomic E-state index is 13.8. The van der Waals surface area contributed by atoms with Crippen LogP contribution in [0.1, 0.15) is 53.6 Å². The van der Waals surface area contributed by atoms with Crippen LogP contribution < -0.4 is 10.7 Å². The van der Waals surface area contributed by atoms with Gasteiger partial charge in [0.1, 0.15) is 17.5 Å². The largest absolute Gasteiger partial charge is 0.503 e. The number of hydrogen-bond acceptors (Lipinski definition) is 5. The second kappa shape index (κ2) is 8.38. The molecule has 1 fully saturated rings. The first-order valence-electron chi connectivity index (χ1n) is 10.8. The van der Waals surface area contributed by atoms with Gasteiger partial charge in [-0.3, -0.25) is 19.3 Å². The van der Waals surface area contributed by atoms with Crippen LogP contribution in [0.3, 0.4) is 0 Å². The quantitative estimate of drug-likeness (QED) is 0.754. The van der Waals surface area contributed by atoms with E-state index in [0.717, 1.165) is 13.0 Å². The van der Waals surface area contributed by atoms with Crippen molar-refractivity contribution >= 4 is 11.8 Å². The molecule has 2 unspecified atom stereocenters. The van der Waals surface area contributed by atoms with Crippen molar-refractivity contribution in [1.82, 2.24) is 19.7 Å². The number of aromatic hydroxyl groups is 1. The second-order valence-corrected chi connectivity index (χ2v) is 8.66. The van der Waals surface area contributed by atoms with E-state index >= 15 is 0 Å². The van der Waals surface area contributed by atoms with E-state index in [1.165, 1.54) is 22.9 Å². The Hall–Kier alpha value is -3.20. The number of hydrogen-bond donors (Lipinski definition) is 2. The van der Waals surface area contributed by atoms with Crippen molar-refractivity contribution < 1.29 is 19.1 Å². The van der Waals surface area contributed by atoms with E-state index in [-0.39, 0.29) is 41.6 Å². The molecule has 2 aliphatic rings. The molecule has 2 aromatic rings. The van der Waals surface area contributed by atoms with Crippen molar-refractivity contribution in [3.8, 4) is 5.75 Å². The summed E-state index contributed by atoms with van der Waals surface area (Å²) in [6.45, 7) is 7.10. The summed E-state index contributed by atoms with van der Waals surface area (Å²) < 4.78 is 15.3. The highest BCUT2D eigenvalue weighted by molar-refractivity contribution is 5.99. The Morgan fingerprint density at radius 2 is 2.00 bits per heavy atom. The Morgan fingerprint density at radius 1 is 1.28 bits per heavy atom. The number of carbonyl (C=O) groups is 2. The van der Waals surface area contributed by atoms with Crippen LogP contribution in [0.4, 0.5) is 4.39 Å². The molecular weight excluding hydrogens is 415 g/mol. The van der Waals surface area contributed by atoms with Gasteiger partial charge in [-0.2, -0.15) is 0 Å². The van der Waals surface area contributed by atoms with E-state index in [1.54, 1.807) is 17.0 Å².